The van der Waals surface area contributed by atoms with E-state index in [2.05, 4.69) is 4.90 Å². The Hall–Kier alpha value is -1.49. The van der Waals surface area contributed by atoms with E-state index in [1.54, 1.807) is 6.20 Å². The van der Waals surface area contributed by atoms with Crippen molar-refractivity contribution in [2.45, 2.75) is 83.2 Å². The van der Waals surface area contributed by atoms with Gasteiger partial charge < -0.3 is 4.90 Å². The van der Waals surface area contributed by atoms with Crippen LogP contribution in [-0.2, 0) is 0 Å². The number of carbonyl (C=O) groups excluding carboxylic acids is 1. The van der Waals surface area contributed by atoms with Crippen molar-refractivity contribution < 1.29 is 4.79 Å². The molecule has 3 fully saturated rings. The molecule has 5 heteroatoms. The van der Waals surface area contributed by atoms with Crippen molar-refractivity contribution >= 4 is 5.91 Å². The van der Waals surface area contributed by atoms with E-state index in [4.69, 9.17) is 9.97 Å². The molecule has 1 unspecified atom stereocenters. The summed E-state index contributed by atoms with van der Waals surface area (Å²) in [7, 11) is 0. The van der Waals surface area contributed by atoms with Crippen LogP contribution in [0.4, 0.5) is 0 Å². The maximum Gasteiger partial charge on any atom is 0.257 e. The fraction of sp³-hybridized carbons (Fsp3) is 0.762. The van der Waals surface area contributed by atoms with Crippen molar-refractivity contribution in [3.8, 4) is 0 Å². The van der Waals surface area contributed by atoms with Crippen LogP contribution in [0.2, 0.25) is 0 Å². The normalized spacial score (nSPS) is 25.6. The molecule has 2 saturated heterocycles. The van der Waals surface area contributed by atoms with E-state index in [9.17, 15) is 4.79 Å². The van der Waals surface area contributed by atoms with Gasteiger partial charge in [0.15, 0.2) is 0 Å². The quantitative estimate of drug-likeness (QED) is 0.825. The lowest BCUT2D eigenvalue weighted by Crippen LogP contribution is -2.41. The van der Waals surface area contributed by atoms with Crippen molar-refractivity contribution in [2.75, 3.05) is 19.6 Å². The molecule has 2 aliphatic heterocycles. The largest absolute Gasteiger partial charge is 0.339 e. The predicted molar refractivity (Wildman–Crippen MR) is 102 cm³/mol. The Morgan fingerprint density at radius 3 is 2.38 bits per heavy atom. The van der Waals surface area contributed by atoms with Gasteiger partial charge in [0, 0.05) is 25.3 Å². The average molecular weight is 357 g/mol. The molecular weight excluding hydrogens is 324 g/mol. The van der Waals surface area contributed by atoms with Crippen LogP contribution in [-0.4, -0.2) is 51.4 Å². The highest BCUT2D eigenvalue weighted by molar-refractivity contribution is 5.95. The lowest BCUT2D eigenvalue weighted by Gasteiger charge is -2.39. The molecule has 0 spiro atoms. The molecule has 1 aromatic heterocycles. The van der Waals surface area contributed by atoms with Gasteiger partial charge >= 0.3 is 0 Å². The van der Waals surface area contributed by atoms with Gasteiger partial charge in [0.05, 0.1) is 17.3 Å². The zero-order chi connectivity index (χ0) is 17.9. The number of rotatable bonds is 3. The summed E-state index contributed by atoms with van der Waals surface area (Å²) >= 11 is 0. The monoisotopic (exact) mass is 356 g/mol. The summed E-state index contributed by atoms with van der Waals surface area (Å²) in [6.45, 7) is 4.90. The highest BCUT2D eigenvalue weighted by atomic mass is 16.2. The van der Waals surface area contributed by atoms with Gasteiger partial charge in [-0.1, -0.05) is 19.3 Å². The van der Waals surface area contributed by atoms with Gasteiger partial charge in [-0.25, -0.2) is 9.97 Å². The average Bonchev–Trinajstić information content (AvgIpc) is 3.23. The van der Waals surface area contributed by atoms with Crippen LogP contribution in [0.15, 0.2) is 6.20 Å². The van der Waals surface area contributed by atoms with Gasteiger partial charge in [-0.05, 0) is 58.4 Å². The van der Waals surface area contributed by atoms with E-state index < -0.39 is 0 Å². The Morgan fingerprint density at radius 2 is 1.65 bits per heavy atom. The molecule has 4 rings (SSSR count). The van der Waals surface area contributed by atoms with E-state index in [-0.39, 0.29) is 5.91 Å². The van der Waals surface area contributed by atoms with Gasteiger partial charge in [0.25, 0.3) is 5.91 Å². The number of likely N-dealkylation sites (tertiary alicyclic amines) is 2. The number of hydrogen-bond donors (Lipinski definition) is 0. The SMILES string of the molecule is Cc1nc(C2CCCCN2C2CCCC2)ncc1C(=O)N1CCCCC1. The highest BCUT2D eigenvalue weighted by Gasteiger charge is 2.33. The molecule has 0 bridgehead atoms. The van der Waals surface area contributed by atoms with Gasteiger partial charge in [-0.2, -0.15) is 0 Å². The summed E-state index contributed by atoms with van der Waals surface area (Å²) in [6, 6.07) is 1.04. The predicted octanol–water partition coefficient (Wildman–Crippen LogP) is 3.88. The maximum absolute atomic E-state index is 12.8. The number of nitrogens with zero attached hydrogens (tertiary/aromatic N) is 4. The first kappa shape index (κ1) is 17.9. The molecule has 0 radical (unpaired) electrons. The molecule has 26 heavy (non-hydrogen) atoms. The van der Waals surface area contributed by atoms with Gasteiger partial charge in [-0.3, -0.25) is 9.69 Å². The maximum atomic E-state index is 12.8. The molecule has 1 aliphatic carbocycles. The summed E-state index contributed by atoms with van der Waals surface area (Å²) in [4.78, 5) is 27.0. The summed E-state index contributed by atoms with van der Waals surface area (Å²) in [5.41, 5.74) is 1.54. The van der Waals surface area contributed by atoms with Crippen LogP contribution in [0.5, 0.6) is 0 Å². The smallest absolute Gasteiger partial charge is 0.257 e. The van der Waals surface area contributed by atoms with Crippen LogP contribution >= 0.6 is 0 Å². The molecule has 1 amide bonds. The van der Waals surface area contributed by atoms with Crippen LogP contribution in [0.1, 0.15) is 92.1 Å². The summed E-state index contributed by atoms with van der Waals surface area (Å²) < 4.78 is 0. The topological polar surface area (TPSA) is 49.3 Å². The van der Waals surface area contributed by atoms with Crippen molar-refractivity contribution in [2.24, 2.45) is 0 Å². The van der Waals surface area contributed by atoms with E-state index in [1.807, 2.05) is 11.8 Å². The molecule has 0 aromatic carbocycles. The lowest BCUT2D eigenvalue weighted by molar-refractivity contribution is 0.0721. The van der Waals surface area contributed by atoms with Crippen LogP contribution in [0, 0.1) is 6.92 Å². The van der Waals surface area contributed by atoms with Crippen molar-refractivity contribution in [1.82, 2.24) is 19.8 Å². The van der Waals surface area contributed by atoms with Crippen molar-refractivity contribution in [3.05, 3.63) is 23.3 Å². The van der Waals surface area contributed by atoms with Crippen LogP contribution < -0.4 is 0 Å². The molecule has 1 saturated carbocycles. The summed E-state index contributed by atoms with van der Waals surface area (Å²) in [6.07, 6.45) is 14.3. The minimum atomic E-state index is 0.116. The van der Waals surface area contributed by atoms with Crippen molar-refractivity contribution in [1.29, 1.82) is 0 Å². The number of aromatic nitrogens is 2. The van der Waals surface area contributed by atoms with Crippen LogP contribution in [0.3, 0.4) is 0 Å². The Labute approximate surface area is 157 Å². The standard InChI is InChI=1S/C21H32N4O/c1-16-18(21(26)24-12-6-2-7-13-24)15-22-20(23-16)19-11-5-8-14-25(19)17-9-3-4-10-17/h15,17,19H,2-14H2,1H3. The Morgan fingerprint density at radius 1 is 0.962 bits per heavy atom. The lowest BCUT2D eigenvalue weighted by atomic mass is 9.98. The molecule has 3 aliphatic rings. The molecular formula is C21H32N4O. The van der Waals surface area contributed by atoms with E-state index in [1.165, 1.54) is 51.5 Å². The molecule has 0 N–H and O–H groups in total. The third-order valence-corrected chi connectivity index (χ3v) is 6.51. The first-order chi connectivity index (χ1) is 12.7. The van der Waals surface area contributed by atoms with E-state index in [0.717, 1.165) is 43.9 Å². The first-order valence-electron chi connectivity index (χ1n) is 10.6. The number of aryl methyl sites for hydroxylation is 1. The Bertz CT molecular complexity index is 635. The van der Waals surface area contributed by atoms with Crippen LogP contribution in [0.25, 0.3) is 0 Å². The minimum Gasteiger partial charge on any atom is -0.339 e. The second-order valence-electron chi connectivity index (χ2n) is 8.27. The second kappa shape index (κ2) is 8.03. The summed E-state index contributed by atoms with van der Waals surface area (Å²) in [5, 5.41) is 0. The fourth-order valence-electron chi connectivity index (χ4n) is 5.03. The third-order valence-electron chi connectivity index (χ3n) is 6.51. The van der Waals surface area contributed by atoms with Gasteiger partial charge in [0.2, 0.25) is 0 Å². The number of amides is 1. The molecule has 1 atom stereocenters. The second-order valence-corrected chi connectivity index (χ2v) is 8.27. The number of hydrogen-bond acceptors (Lipinski definition) is 4. The number of carbonyl (C=O) groups is 1. The minimum absolute atomic E-state index is 0.116. The molecule has 142 valence electrons. The first-order valence-corrected chi connectivity index (χ1v) is 10.6. The zero-order valence-electron chi connectivity index (χ0n) is 16.1. The Kier molecular flexibility index (Phi) is 5.53. The summed E-state index contributed by atoms with van der Waals surface area (Å²) in [5.74, 6) is 1.05. The van der Waals surface area contributed by atoms with Crippen molar-refractivity contribution in [3.63, 3.8) is 0 Å². The highest BCUT2D eigenvalue weighted by Crippen LogP contribution is 2.36. The third kappa shape index (κ3) is 3.64. The fourth-order valence-corrected chi connectivity index (χ4v) is 5.03. The molecule has 1 aromatic rings. The molecule has 5 nitrogen and oxygen atoms in total. The number of piperidine rings is 2. The molecule has 3 heterocycles. The zero-order valence-corrected chi connectivity index (χ0v) is 16.1. The van der Waals surface area contributed by atoms with E-state index in [0.29, 0.717) is 17.6 Å². The Balaban J connectivity index is 1.53. The van der Waals surface area contributed by atoms with Gasteiger partial charge in [0.1, 0.15) is 5.82 Å². The van der Waals surface area contributed by atoms with Gasteiger partial charge in [-0.15, -0.1) is 0 Å². The van der Waals surface area contributed by atoms with E-state index >= 15 is 0 Å².